The fourth-order valence-electron chi connectivity index (χ4n) is 2.38. The van der Waals surface area contributed by atoms with E-state index in [2.05, 4.69) is 15.0 Å². The molecule has 0 saturated carbocycles. The number of imidazole rings is 1. The van der Waals surface area contributed by atoms with Crippen LogP contribution in [0, 0.1) is 0 Å². The van der Waals surface area contributed by atoms with E-state index in [0.29, 0.717) is 10.2 Å². The molecule has 2 aromatic heterocycles. The standard InChI is InChI=1S/C16H19N3OS/c1-12(2)21(3,20,15-10-6-7-11-17-15)16-18-13-8-4-5-9-14(13)19-16/h4-12H,1-3H3,(H,18,19). The van der Waals surface area contributed by atoms with Crippen molar-refractivity contribution in [3.63, 3.8) is 0 Å². The number of rotatable bonds is 3. The fraction of sp³-hybridized carbons (Fsp3) is 0.250. The van der Waals surface area contributed by atoms with Crippen LogP contribution in [0.3, 0.4) is 0 Å². The van der Waals surface area contributed by atoms with Crippen LogP contribution >= 0.6 is 0 Å². The molecule has 1 N–H and O–H groups in total. The molecule has 0 amide bonds. The first-order valence-corrected chi connectivity index (χ1v) is 9.36. The van der Waals surface area contributed by atoms with Gasteiger partial charge in [-0.25, -0.2) is 9.97 Å². The van der Waals surface area contributed by atoms with Gasteiger partial charge in [0.15, 0.2) is 5.16 Å². The van der Waals surface area contributed by atoms with Crippen molar-refractivity contribution in [3.05, 3.63) is 48.7 Å². The zero-order chi connectivity index (χ0) is 15.1. The van der Waals surface area contributed by atoms with Gasteiger partial charge in [-0.2, -0.15) is 0 Å². The molecule has 21 heavy (non-hydrogen) atoms. The number of aromatic nitrogens is 3. The van der Waals surface area contributed by atoms with Crippen molar-refractivity contribution in [2.75, 3.05) is 6.26 Å². The molecule has 2 heterocycles. The summed E-state index contributed by atoms with van der Waals surface area (Å²) >= 11 is 0. The molecule has 0 atom stereocenters. The molecule has 0 spiro atoms. The van der Waals surface area contributed by atoms with E-state index < -0.39 is 9.07 Å². The molecule has 0 aliphatic rings. The zero-order valence-electron chi connectivity index (χ0n) is 12.4. The van der Waals surface area contributed by atoms with Gasteiger partial charge >= 0.3 is 0 Å². The number of hydrogen-bond acceptors (Lipinski definition) is 3. The maximum atomic E-state index is 14.1. The maximum Gasteiger partial charge on any atom is 0.181 e. The first-order valence-electron chi connectivity index (χ1n) is 6.92. The molecule has 0 aliphatic heterocycles. The van der Waals surface area contributed by atoms with Crippen molar-refractivity contribution in [2.24, 2.45) is 0 Å². The molecule has 1 aromatic carbocycles. The summed E-state index contributed by atoms with van der Waals surface area (Å²) in [5, 5.41) is 0.989. The lowest BCUT2D eigenvalue weighted by molar-refractivity contribution is 0.637. The van der Waals surface area contributed by atoms with Crippen molar-refractivity contribution in [3.8, 4) is 0 Å². The second-order valence-corrected chi connectivity index (χ2v) is 10.3. The van der Waals surface area contributed by atoms with Crippen LogP contribution in [0.5, 0.6) is 0 Å². The summed E-state index contributed by atoms with van der Waals surface area (Å²) in [6.45, 7) is 3.91. The third-order valence-corrected chi connectivity index (χ3v) is 8.85. The Morgan fingerprint density at radius 1 is 1.10 bits per heavy atom. The number of hydrogen-bond donors (Lipinski definition) is 1. The third kappa shape index (κ3) is 1.92. The average molecular weight is 301 g/mol. The molecule has 0 saturated heterocycles. The van der Waals surface area contributed by atoms with Gasteiger partial charge < -0.3 is 4.98 Å². The van der Waals surface area contributed by atoms with Crippen molar-refractivity contribution >= 4 is 20.1 Å². The van der Waals surface area contributed by atoms with Gasteiger partial charge in [-0.05, 0) is 33.3 Å². The number of nitrogens with zero attached hydrogens (tertiary/aromatic N) is 2. The first kappa shape index (κ1) is 13.9. The molecular formula is C16H19N3OS. The van der Waals surface area contributed by atoms with Crippen molar-refractivity contribution in [1.82, 2.24) is 15.0 Å². The smallest absolute Gasteiger partial charge is 0.181 e. The molecule has 0 bridgehead atoms. The monoisotopic (exact) mass is 301 g/mol. The average Bonchev–Trinajstić information content (AvgIpc) is 2.93. The van der Waals surface area contributed by atoms with E-state index in [0.717, 1.165) is 11.0 Å². The number of benzene rings is 1. The molecule has 0 unspecified atom stereocenters. The van der Waals surface area contributed by atoms with Gasteiger partial charge in [-0.15, -0.1) is 0 Å². The second kappa shape index (κ2) is 4.49. The Morgan fingerprint density at radius 2 is 1.81 bits per heavy atom. The lowest BCUT2D eigenvalue weighted by Gasteiger charge is -2.39. The van der Waals surface area contributed by atoms with Crippen molar-refractivity contribution < 1.29 is 4.21 Å². The molecule has 3 aromatic rings. The molecule has 0 radical (unpaired) electrons. The van der Waals surface area contributed by atoms with Crippen LogP contribution < -0.4 is 0 Å². The van der Waals surface area contributed by atoms with Crippen molar-refractivity contribution in [1.29, 1.82) is 0 Å². The molecule has 0 fully saturated rings. The lowest BCUT2D eigenvalue weighted by Crippen LogP contribution is -2.42. The summed E-state index contributed by atoms with van der Waals surface area (Å²) in [4.78, 5) is 12.2. The van der Waals surface area contributed by atoms with E-state index in [-0.39, 0.29) is 5.25 Å². The Kier molecular flexibility index (Phi) is 2.99. The molecular weight excluding hydrogens is 282 g/mol. The highest BCUT2D eigenvalue weighted by molar-refractivity contribution is 8.19. The summed E-state index contributed by atoms with van der Waals surface area (Å²) in [5.74, 6) is 0. The largest absolute Gasteiger partial charge is 0.332 e. The Labute approximate surface area is 124 Å². The number of fused-ring (bicyclic) bond motifs is 1. The van der Waals surface area contributed by atoms with Gasteiger partial charge in [0.2, 0.25) is 0 Å². The molecule has 0 aliphatic carbocycles. The summed E-state index contributed by atoms with van der Waals surface area (Å²) in [7, 11) is -3.39. The predicted octanol–water partition coefficient (Wildman–Crippen LogP) is 3.23. The molecule has 5 heteroatoms. The Morgan fingerprint density at radius 3 is 2.43 bits per heavy atom. The SMILES string of the molecule is CC(C)S(C)(=O)(c1ccccn1)c1nc2ccccc2[nH]1. The van der Waals surface area contributed by atoms with Crippen LogP contribution in [0.2, 0.25) is 0 Å². The van der Waals surface area contributed by atoms with Gasteiger partial charge in [0.05, 0.1) is 11.0 Å². The van der Waals surface area contributed by atoms with Gasteiger partial charge in [0, 0.05) is 17.7 Å². The lowest BCUT2D eigenvalue weighted by atomic mass is 10.3. The van der Waals surface area contributed by atoms with E-state index in [1.54, 1.807) is 12.5 Å². The van der Waals surface area contributed by atoms with Gasteiger partial charge in [0.25, 0.3) is 0 Å². The Hall–Kier alpha value is -2.01. The highest BCUT2D eigenvalue weighted by Crippen LogP contribution is 2.42. The number of para-hydroxylation sites is 2. The Balaban J connectivity index is 2.34. The normalized spacial score (nSPS) is 14.2. The van der Waals surface area contributed by atoms with E-state index in [1.807, 2.05) is 56.3 Å². The van der Waals surface area contributed by atoms with Crippen LogP contribution in [-0.4, -0.2) is 30.7 Å². The van der Waals surface area contributed by atoms with E-state index in [9.17, 15) is 4.21 Å². The first-order chi connectivity index (χ1) is 9.92. The minimum absolute atomic E-state index is 0.113. The summed E-state index contributed by atoms with van der Waals surface area (Å²) in [6, 6.07) is 13.2. The highest BCUT2D eigenvalue weighted by atomic mass is 32.3. The topological polar surface area (TPSA) is 58.6 Å². The van der Waals surface area contributed by atoms with Crippen LogP contribution in [0.15, 0.2) is 58.8 Å². The van der Waals surface area contributed by atoms with Crippen molar-refractivity contribution in [2.45, 2.75) is 29.3 Å². The van der Waals surface area contributed by atoms with Crippen LogP contribution in [0.4, 0.5) is 0 Å². The highest BCUT2D eigenvalue weighted by Gasteiger charge is 2.43. The molecule has 3 rings (SSSR count). The van der Waals surface area contributed by atoms with E-state index in [1.165, 1.54) is 0 Å². The van der Waals surface area contributed by atoms with Gasteiger partial charge in [-0.3, -0.25) is 4.21 Å². The number of nitrogens with one attached hydrogen (secondary N) is 1. The fourth-order valence-corrected chi connectivity index (χ4v) is 4.94. The van der Waals surface area contributed by atoms with Gasteiger partial charge in [-0.1, -0.05) is 32.0 Å². The van der Waals surface area contributed by atoms with Crippen LogP contribution in [-0.2, 0) is 9.07 Å². The summed E-state index contributed by atoms with van der Waals surface area (Å²) in [6.07, 6.45) is 3.46. The predicted molar refractivity (Wildman–Crippen MR) is 86.1 cm³/mol. The summed E-state index contributed by atoms with van der Waals surface area (Å²) in [5.41, 5.74) is 1.72. The van der Waals surface area contributed by atoms with Crippen LogP contribution in [0.25, 0.3) is 11.0 Å². The van der Waals surface area contributed by atoms with Gasteiger partial charge in [0.1, 0.15) is 5.03 Å². The van der Waals surface area contributed by atoms with E-state index >= 15 is 0 Å². The number of aromatic amines is 1. The van der Waals surface area contributed by atoms with Crippen LogP contribution in [0.1, 0.15) is 13.8 Å². The molecule has 110 valence electrons. The quantitative estimate of drug-likeness (QED) is 0.808. The number of H-pyrrole nitrogens is 1. The second-order valence-electron chi connectivity index (χ2n) is 5.69. The molecule has 4 nitrogen and oxygen atoms in total. The summed E-state index contributed by atoms with van der Waals surface area (Å²) < 4.78 is 14.1. The zero-order valence-corrected chi connectivity index (χ0v) is 13.2. The maximum absolute atomic E-state index is 14.1. The Bertz CT molecular complexity index is 821. The van der Waals surface area contributed by atoms with E-state index in [4.69, 9.17) is 0 Å². The third-order valence-electron chi connectivity index (χ3n) is 4.14. The number of pyridine rings is 1. The minimum Gasteiger partial charge on any atom is -0.332 e. The minimum atomic E-state index is -3.39.